The quantitative estimate of drug-likeness (QED) is 0.466. The number of ether oxygens (including phenoxy) is 1. The first-order valence-corrected chi connectivity index (χ1v) is 12.1. The van der Waals surface area contributed by atoms with Crippen LogP contribution in [0.5, 0.6) is 5.75 Å². The number of likely N-dealkylation sites (N-methyl/N-ethyl adjacent to an activating group) is 1. The molecule has 1 fully saturated rings. The van der Waals surface area contributed by atoms with Gasteiger partial charge in [-0.25, -0.2) is 4.98 Å². The van der Waals surface area contributed by atoms with Crippen molar-refractivity contribution >= 4 is 29.2 Å². The van der Waals surface area contributed by atoms with Crippen molar-refractivity contribution in [3.8, 4) is 5.75 Å². The molecule has 0 spiro atoms. The third-order valence-corrected chi connectivity index (χ3v) is 6.20. The predicted octanol–water partition coefficient (Wildman–Crippen LogP) is 4.25. The molecule has 4 rings (SSSR count). The first-order valence-electron chi connectivity index (χ1n) is 11.7. The molecule has 0 aliphatic carbocycles. The van der Waals surface area contributed by atoms with Gasteiger partial charge in [-0.15, -0.1) is 0 Å². The molecule has 1 unspecified atom stereocenters. The summed E-state index contributed by atoms with van der Waals surface area (Å²) in [6.07, 6.45) is 3.46. The average Bonchev–Trinajstić information content (AvgIpc) is 2.87. The van der Waals surface area contributed by atoms with Crippen LogP contribution in [-0.4, -0.2) is 47.9 Å². The van der Waals surface area contributed by atoms with Crippen LogP contribution in [0.1, 0.15) is 30.0 Å². The lowest BCUT2D eigenvalue weighted by molar-refractivity contribution is -0.134. The van der Waals surface area contributed by atoms with Gasteiger partial charge in [-0.1, -0.05) is 54.1 Å². The molecule has 2 heterocycles. The number of aromatic nitrogens is 1. The molecule has 1 saturated heterocycles. The van der Waals surface area contributed by atoms with Crippen molar-refractivity contribution in [3.63, 3.8) is 0 Å². The van der Waals surface area contributed by atoms with Crippen LogP contribution in [0.25, 0.3) is 0 Å². The van der Waals surface area contributed by atoms with Crippen LogP contribution in [0, 0.1) is 0 Å². The Morgan fingerprint density at radius 3 is 2.60 bits per heavy atom. The fraction of sp³-hybridized carbons (Fsp3) is 0.296. The summed E-state index contributed by atoms with van der Waals surface area (Å²) in [5, 5.41) is 6.97. The van der Waals surface area contributed by atoms with E-state index in [1.807, 2.05) is 54.6 Å². The number of benzene rings is 2. The van der Waals surface area contributed by atoms with Crippen molar-refractivity contribution in [1.82, 2.24) is 15.2 Å². The van der Waals surface area contributed by atoms with Gasteiger partial charge in [0.25, 0.3) is 0 Å². The number of nitrogens with zero attached hydrogens (tertiary/aromatic N) is 2. The van der Waals surface area contributed by atoms with Gasteiger partial charge in [0.1, 0.15) is 23.7 Å². The molecule has 2 amide bonds. The van der Waals surface area contributed by atoms with Crippen LogP contribution in [-0.2, 0) is 16.0 Å². The highest BCUT2D eigenvalue weighted by atomic mass is 35.5. The summed E-state index contributed by atoms with van der Waals surface area (Å²) in [7, 11) is 1.78. The van der Waals surface area contributed by atoms with Gasteiger partial charge in [-0.3, -0.25) is 9.59 Å². The number of hydrogen-bond donors (Lipinski definition) is 2. The van der Waals surface area contributed by atoms with Gasteiger partial charge in [0.15, 0.2) is 0 Å². The monoisotopic (exact) mass is 492 g/mol. The number of piperidine rings is 1. The third-order valence-electron chi connectivity index (χ3n) is 5.94. The van der Waals surface area contributed by atoms with Crippen molar-refractivity contribution in [2.24, 2.45) is 0 Å². The maximum absolute atomic E-state index is 13.2. The first-order chi connectivity index (χ1) is 17.0. The summed E-state index contributed by atoms with van der Waals surface area (Å²) in [5.74, 6) is 0.992. The molecule has 7 nitrogen and oxygen atoms in total. The molecule has 0 saturated carbocycles. The second kappa shape index (κ2) is 11.8. The number of hydrogen-bond acceptors (Lipinski definition) is 5. The van der Waals surface area contributed by atoms with Crippen molar-refractivity contribution < 1.29 is 14.3 Å². The van der Waals surface area contributed by atoms with Crippen LogP contribution in [0.4, 0.5) is 5.82 Å². The van der Waals surface area contributed by atoms with Crippen molar-refractivity contribution in [2.75, 3.05) is 25.5 Å². The first kappa shape index (κ1) is 24.7. The Morgan fingerprint density at radius 2 is 1.91 bits per heavy atom. The standard InChI is InChI=1S/C27H29ClN4O3/c1-32-18-23(12-14-25(32)33)35-22-11-13-24(30-17-22)31-27(34)26(20-5-3-2-4-6-20)29-16-15-19-7-9-21(28)10-8-19/h2-11,13,17,23,26,29H,12,14-16,18H2,1H3,(H,30,31,34)/t23-,26?/m1/s1. The molecule has 0 bridgehead atoms. The van der Waals surface area contributed by atoms with E-state index in [9.17, 15) is 9.59 Å². The van der Waals surface area contributed by atoms with E-state index >= 15 is 0 Å². The summed E-state index contributed by atoms with van der Waals surface area (Å²) >= 11 is 5.97. The maximum Gasteiger partial charge on any atom is 0.247 e. The average molecular weight is 493 g/mol. The van der Waals surface area contributed by atoms with Crippen molar-refractivity contribution in [1.29, 1.82) is 0 Å². The van der Waals surface area contributed by atoms with Gasteiger partial charge < -0.3 is 20.3 Å². The van der Waals surface area contributed by atoms with E-state index in [0.717, 1.165) is 17.5 Å². The lowest BCUT2D eigenvalue weighted by atomic mass is 10.1. The Labute approximate surface area is 210 Å². The topological polar surface area (TPSA) is 83.6 Å². The Kier molecular flexibility index (Phi) is 8.34. The minimum absolute atomic E-state index is 0.0627. The summed E-state index contributed by atoms with van der Waals surface area (Å²) in [4.78, 5) is 30.9. The Bertz CT molecular complexity index is 1120. The van der Waals surface area contributed by atoms with Crippen molar-refractivity contribution in [2.45, 2.75) is 31.4 Å². The summed E-state index contributed by atoms with van der Waals surface area (Å²) in [6, 6.07) is 20.3. The van der Waals surface area contributed by atoms with Gasteiger partial charge >= 0.3 is 0 Å². The number of nitrogens with one attached hydrogen (secondary N) is 2. The molecule has 1 aliphatic rings. The lowest BCUT2D eigenvalue weighted by Gasteiger charge is -2.29. The number of carbonyl (C=O) groups excluding carboxylic acids is 2. The summed E-state index contributed by atoms with van der Waals surface area (Å²) in [6.45, 7) is 1.17. The molecule has 2 atom stereocenters. The van der Waals surface area contributed by atoms with Gasteiger partial charge in [0, 0.05) is 25.0 Å². The van der Waals surface area contributed by atoms with E-state index in [4.69, 9.17) is 16.3 Å². The van der Waals surface area contributed by atoms with E-state index in [0.29, 0.717) is 42.5 Å². The van der Waals surface area contributed by atoms with E-state index in [1.54, 1.807) is 30.3 Å². The highest BCUT2D eigenvalue weighted by Gasteiger charge is 2.24. The SMILES string of the molecule is CN1C[C@H](Oc2ccc(NC(=O)C(NCCc3ccc(Cl)cc3)c3ccccc3)nc2)CCC1=O. The number of rotatable bonds is 9. The molecule has 2 N–H and O–H groups in total. The number of halogens is 1. The van der Waals surface area contributed by atoms with Gasteiger partial charge in [0.05, 0.1) is 12.7 Å². The zero-order valence-electron chi connectivity index (χ0n) is 19.6. The molecule has 182 valence electrons. The minimum Gasteiger partial charge on any atom is -0.487 e. The fourth-order valence-electron chi connectivity index (χ4n) is 4.00. The van der Waals surface area contributed by atoms with Crippen LogP contribution >= 0.6 is 11.6 Å². The smallest absolute Gasteiger partial charge is 0.247 e. The lowest BCUT2D eigenvalue weighted by Crippen LogP contribution is -2.42. The minimum atomic E-state index is -0.531. The third kappa shape index (κ3) is 7.04. The second-order valence-corrected chi connectivity index (χ2v) is 9.03. The van der Waals surface area contributed by atoms with Crippen molar-refractivity contribution in [3.05, 3.63) is 89.1 Å². The number of pyridine rings is 1. The number of likely N-dealkylation sites (tertiary alicyclic amines) is 1. The molecule has 8 heteroatoms. The van der Waals surface area contributed by atoms with E-state index in [1.165, 1.54) is 0 Å². The molecule has 3 aromatic rings. The summed E-state index contributed by atoms with van der Waals surface area (Å²) < 4.78 is 5.96. The van der Waals surface area contributed by atoms with E-state index in [-0.39, 0.29) is 17.9 Å². The van der Waals surface area contributed by atoms with Gasteiger partial charge in [-0.05, 0) is 48.2 Å². The van der Waals surface area contributed by atoms with E-state index < -0.39 is 6.04 Å². The van der Waals surface area contributed by atoms with Crippen LogP contribution in [0.3, 0.4) is 0 Å². The molecule has 1 aliphatic heterocycles. The Balaban J connectivity index is 1.36. The number of carbonyl (C=O) groups is 2. The second-order valence-electron chi connectivity index (χ2n) is 8.60. The highest BCUT2D eigenvalue weighted by Crippen LogP contribution is 2.20. The molecule has 1 aromatic heterocycles. The predicted molar refractivity (Wildman–Crippen MR) is 136 cm³/mol. The number of amides is 2. The zero-order chi connectivity index (χ0) is 24.6. The largest absolute Gasteiger partial charge is 0.487 e. The Morgan fingerprint density at radius 1 is 1.14 bits per heavy atom. The van der Waals surface area contributed by atoms with Crippen LogP contribution < -0.4 is 15.4 Å². The fourth-order valence-corrected chi connectivity index (χ4v) is 4.13. The molecule has 35 heavy (non-hydrogen) atoms. The summed E-state index contributed by atoms with van der Waals surface area (Å²) in [5.41, 5.74) is 2.01. The zero-order valence-corrected chi connectivity index (χ0v) is 20.4. The van der Waals surface area contributed by atoms with Gasteiger partial charge in [0.2, 0.25) is 11.8 Å². The Hall–Kier alpha value is -3.42. The number of anilines is 1. The molecule has 2 aromatic carbocycles. The van der Waals surface area contributed by atoms with Crippen LogP contribution in [0.2, 0.25) is 5.02 Å². The molecular formula is C27H29ClN4O3. The highest BCUT2D eigenvalue weighted by molar-refractivity contribution is 6.30. The van der Waals surface area contributed by atoms with E-state index in [2.05, 4.69) is 15.6 Å². The maximum atomic E-state index is 13.2. The molecular weight excluding hydrogens is 464 g/mol. The normalized spacial score (nSPS) is 16.6. The van der Waals surface area contributed by atoms with Gasteiger partial charge in [-0.2, -0.15) is 0 Å². The van der Waals surface area contributed by atoms with Crippen LogP contribution in [0.15, 0.2) is 72.9 Å². The molecule has 0 radical (unpaired) electrons.